The van der Waals surface area contributed by atoms with Gasteiger partial charge in [0.05, 0.1) is 17.6 Å². The van der Waals surface area contributed by atoms with Gasteiger partial charge in [-0.25, -0.2) is 4.79 Å². The molecule has 16 heavy (non-hydrogen) atoms. The normalized spacial score (nSPS) is 17.8. The van der Waals surface area contributed by atoms with Crippen molar-refractivity contribution in [2.45, 2.75) is 6.04 Å². The van der Waals surface area contributed by atoms with Crippen LogP contribution in [0.1, 0.15) is 0 Å². The van der Waals surface area contributed by atoms with E-state index in [1.807, 2.05) is 6.07 Å². The molecule has 1 amide bonds. The zero-order valence-corrected chi connectivity index (χ0v) is 9.50. The highest BCUT2D eigenvalue weighted by Gasteiger charge is 2.40. The van der Waals surface area contributed by atoms with Crippen molar-refractivity contribution in [2.75, 3.05) is 6.54 Å². The molecule has 0 bridgehead atoms. The highest BCUT2D eigenvalue weighted by Crippen LogP contribution is 2.29. The Labute approximate surface area is 102 Å². The second-order valence-corrected chi connectivity index (χ2v) is 4.08. The molecule has 1 saturated heterocycles. The molecule has 1 heterocycles. The Kier molecular flexibility index (Phi) is 2.90. The van der Waals surface area contributed by atoms with E-state index < -0.39 is 6.09 Å². The van der Waals surface area contributed by atoms with Crippen LogP contribution in [-0.4, -0.2) is 23.6 Å². The number of ether oxygens (including phenoxy) is 1. The molecule has 1 aromatic rings. The summed E-state index contributed by atoms with van der Waals surface area (Å²) in [5, 5.41) is 9.26. The summed E-state index contributed by atoms with van der Waals surface area (Å²) in [5.74, 6) is 0.236. The van der Waals surface area contributed by atoms with Gasteiger partial charge in [0.15, 0.2) is 5.75 Å². The first-order chi connectivity index (χ1) is 7.61. The molecule has 2 rings (SSSR count). The molecule has 1 unspecified atom stereocenters. The van der Waals surface area contributed by atoms with Crippen LogP contribution in [-0.2, 0) is 0 Å². The van der Waals surface area contributed by atoms with E-state index in [-0.39, 0.29) is 16.8 Å². The summed E-state index contributed by atoms with van der Waals surface area (Å²) < 4.78 is 5.00. The predicted molar refractivity (Wildman–Crippen MR) is 58.6 cm³/mol. The van der Waals surface area contributed by atoms with Crippen molar-refractivity contribution >= 4 is 29.3 Å². The molecule has 1 atom stereocenters. The minimum atomic E-state index is -0.573. The lowest BCUT2D eigenvalue weighted by molar-refractivity contribution is 0.184. The van der Waals surface area contributed by atoms with Gasteiger partial charge in [-0.1, -0.05) is 23.2 Å². The number of nitrogens with zero attached hydrogens (tertiary/aromatic N) is 2. The number of benzene rings is 1. The van der Waals surface area contributed by atoms with E-state index in [1.54, 1.807) is 6.07 Å². The van der Waals surface area contributed by atoms with Gasteiger partial charge in [0, 0.05) is 5.02 Å². The van der Waals surface area contributed by atoms with Crippen molar-refractivity contribution in [2.24, 2.45) is 0 Å². The number of hydrogen-bond donors (Lipinski definition) is 0. The number of carbonyl (C=O) groups excluding carboxylic acids is 1. The van der Waals surface area contributed by atoms with Crippen LogP contribution >= 0.6 is 23.2 Å². The molecule has 82 valence electrons. The third-order valence-corrected chi connectivity index (χ3v) is 2.62. The Hall–Kier alpha value is -1.44. The van der Waals surface area contributed by atoms with E-state index in [1.165, 1.54) is 17.0 Å². The molecule has 0 radical (unpaired) electrons. The Morgan fingerprint density at radius 3 is 2.88 bits per heavy atom. The Bertz CT molecular complexity index is 484. The molecule has 4 nitrogen and oxygen atoms in total. The number of amides is 1. The van der Waals surface area contributed by atoms with Crippen molar-refractivity contribution in [1.29, 1.82) is 5.26 Å². The first-order valence-electron chi connectivity index (χ1n) is 4.45. The van der Waals surface area contributed by atoms with Crippen LogP contribution in [0.4, 0.5) is 4.79 Å². The molecular weight excluding hydrogens is 251 g/mol. The molecule has 1 aromatic carbocycles. The van der Waals surface area contributed by atoms with Crippen LogP contribution < -0.4 is 4.74 Å². The summed E-state index contributed by atoms with van der Waals surface area (Å²) in [7, 11) is 0. The maximum absolute atomic E-state index is 11.4. The lowest BCUT2D eigenvalue weighted by atomic mass is 10.3. The van der Waals surface area contributed by atoms with Gasteiger partial charge in [0.2, 0.25) is 0 Å². The van der Waals surface area contributed by atoms with Crippen LogP contribution in [0.3, 0.4) is 0 Å². The average molecular weight is 257 g/mol. The van der Waals surface area contributed by atoms with Crippen molar-refractivity contribution < 1.29 is 9.53 Å². The lowest BCUT2D eigenvalue weighted by Crippen LogP contribution is -2.17. The number of rotatable bonds is 1. The molecule has 6 heteroatoms. The summed E-state index contributed by atoms with van der Waals surface area (Å²) in [6.07, 6.45) is -0.573. The molecule has 1 fully saturated rings. The van der Waals surface area contributed by atoms with E-state index in [9.17, 15) is 4.79 Å². The zero-order valence-electron chi connectivity index (χ0n) is 7.98. The van der Waals surface area contributed by atoms with Gasteiger partial charge in [0.1, 0.15) is 6.04 Å². The van der Waals surface area contributed by atoms with Crippen molar-refractivity contribution in [3.63, 3.8) is 0 Å². The fourth-order valence-corrected chi connectivity index (χ4v) is 1.61. The number of halogens is 2. The van der Waals surface area contributed by atoms with Crippen LogP contribution in [0, 0.1) is 11.3 Å². The second kappa shape index (κ2) is 4.20. The standard InChI is InChI=1S/C10H6Cl2N2O2/c11-6-1-2-9(8(12)3-6)16-10(15)14-5-7(14)4-13/h1-3,7H,5H2. The molecule has 0 aliphatic carbocycles. The third-order valence-electron chi connectivity index (χ3n) is 2.09. The maximum atomic E-state index is 11.4. The molecule has 0 spiro atoms. The molecule has 1 aliphatic heterocycles. The van der Waals surface area contributed by atoms with Crippen LogP contribution in [0.25, 0.3) is 0 Å². The van der Waals surface area contributed by atoms with Gasteiger partial charge in [-0.3, -0.25) is 4.90 Å². The number of hydrogen-bond acceptors (Lipinski definition) is 3. The highest BCUT2D eigenvalue weighted by molar-refractivity contribution is 6.35. The molecule has 0 saturated carbocycles. The monoisotopic (exact) mass is 256 g/mol. The molecule has 1 aliphatic rings. The summed E-state index contributed by atoms with van der Waals surface area (Å²) in [4.78, 5) is 12.7. The first kappa shape index (κ1) is 11.1. The number of nitriles is 1. The third kappa shape index (κ3) is 2.21. The van der Waals surface area contributed by atoms with Gasteiger partial charge in [-0.05, 0) is 18.2 Å². The Morgan fingerprint density at radius 2 is 2.31 bits per heavy atom. The fraction of sp³-hybridized carbons (Fsp3) is 0.200. The Balaban J connectivity index is 2.05. The smallest absolute Gasteiger partial charge is 0.409 e. The zero-order chi connectivity index (χ0) is 11.7. The van der Waals surface area contributed by atoms with Gasteiger partial charge in [-0.2, -0.15) is 5.26 Å². The summed E-state index contributed by atoms with van der Waals surface area (Å²) >= 11 is 11.5. The molecule has 0 N–H and O–H groups in total. The molecular formula is C10H6Cl2N2O2. The van der Waals surface area contributed by atoms with Gasteiger partial charge in [-0.15, -0.1) is 0 Å². The van der Waals surface area contributed by atoms with Crippen LogP contribution in [0.5, 0.6) is 5.75 Å². The predicted octanol–water partition coefficient (Wildman–Crippen LogP) is 2.70. The maximum Gasteiger partial charge on any atom is 0.416 e. The van der Waals surface area contributed by atoms with Crippen molar-refractivity contribution in [1.82, 2.24) is 4.90 Å². The fourth-order valence-electron chi connectivity index (χ4n) is 1.16. The minimum absolute atomic E-state index is 0.236. The number of carbonyl (C=O) groups is 1. The van der Waals surface area contributed by atoms with Crippen LogP contribution in [0.2, 0.25) is 10.0 Å². The quantitative estimate of drug-likeness (QED) is 0.727. The van der Waals surface area contributed by atoms with E-state index in [0.717, 1.165) is 0 Å². The van der Waals surface area contributed by atoms with Gasteiger partial charge in [0.25, 0.3) is 0 Å². The lowest BCUT2D eigenvalue weighted by Gasteiger charge is -2.06. The second-order valence-electron chi connectivity index (χ2n) is 3.24. The first-order valence-corrected chi connectivity index (χ1v) is 5.20. The van der Waals surface area contributed by atoms with Gasteiger partial charge < -0.3 is 4.74 Å². The minimum Gasteiger partial charge on any atom is -0.409 e. The largest absolute Gasteiger partial charge is 0.416 e. The summed E-state index contributed by atoms with van der Waals surface area (Å²) in [6.45, 7) is 0.403. The van der Waals surface area contributed by atoms with Crippen LogP contribution in [0.15, 0.2) is 18.2 Å². The van der Waals surface area contributed by atoms with Crippen molar-refractivity contribution in [3.8, 4) is 11.8 Å². The topological polar surface area (TPSA) is 53.1 Å². The molecule has 0 aromatic heterocycles. The van der Waals surface area contributed by atoms with E-state index in [2.05, 4.69) is 0 Å². The van der Waals surface area contributed by atoms with E-state index >= 15 is 0 Å². The highest BCUT2D eigenvalue weighted by atomic mass is 35.5. The summed E-state index contributed by atoms with van der Waals surface area (Å²) in [6, 6.07) is 6.13. The van der Waals surface area contributed by atoms with E-state index in [4.69, 9.17) is 33.2 Å². The van der Waals surface area contributed by atoms with Gasteiger partial charge >= 0.3 is 6.09 Å². The van der Waals surface area contributed by atoms with Crippen molar-refractivity contribution in [3.05, 3.63) is 28.2 Å². The Morgan fingerprint density at radius 1 is 1.56 bits per heavy atom. The van der Waals surface area contributed by atoms with E-state index in [0.29, 0.717) is 11.6 Å². The SMILES string of the molecule is N#CC1CN1C(=O)Oc1ccc(Cl)cc1Cl. The summed E-state index contributed by atoms with van der Waals surface area (Å²) in [5.41, 5.74) is 0. The average Bonchev–Trinajstić information content (AvgIpc) is 3.01.